The average molecular weight is 471 g/mol. The van der Waals surface area contributed by atoms with E-state index in [9.17, 15) is 9.59 Å². The summed E-state index contributed by atoms with van der Waals surface area (Å²) in [6.07, 6.45) is 8.30. The number of aromatic nitrogens is 2. The number of aryl methyl sites for hydroxylation is 1. The third kappa shape index (κ3) is 8.14. The Morgan fingerprint density at radius 3 is 2.10 bits per heavy atom. The first kappa shape index (κ1) is 26.9. The topological polar surface area (TPSA) is 91.3 Å². The van der Waals surface area contributed by atoms with Crippen molar-refractivity contribution in [2.75, 3.05) is 37.3 Å². The second-order valence-electron chi connectivity index (χ2n) is 7.47. The zero-order chi connectivity index (χ0) is 20.6. The molecule has 0 radical (unpaired) electrons. The van der Waals surface area contributed by atoms with E-state index in [2.05, 4.69) is 25.9 Å². The molecule has 10 heteroatoms. The molecule has 1 aromatic carbocycles. The van der Waals surface area contributed by atoms with Gasteiger partial charge in [0.15, 0.2) is 0 Å². The van der Waals surface area contributed by atoms with Crippen molar-refractivity contribution in [1.29, 1.82) is 0 Å². The molecule has 2 heterocycles. The zero-order valence-electron chi connectivity index (χ0n) is 18.0. The van der Waals surface area contributed by atoms with Crippen LogP contribution in [-0.4, -0.2) is 53.2 Å². The lowest BCUT2D eigenvalue weighted by atomic mass is 10.1. The summed E-state index contributed by atoms with van der Waals surface area (Å²) in [5, 5.41) is 12.9. The van der Waals surface area contributed by atoms with E-state index in [0.29, 0.717) is 12.2 Å². The molecular weight excluding hydrogens is 439 g/mol. The number of benzene rings is 1. The fraction of sp³-hybridized carbons (Fsp3) is 0.476. The van der Waals surface area contributed by atoms with E-state index >= 15 is 0 Å². The van der Waals surface area contributed by atoms with Crippen LogP contribution in [0.15, 0.2) is 36.7 Å². The number of halogens is 2. The number of rotatable bonds is 7. The summed E-state index contributed by atoms with van der Waals surface area (Å²) in [5.74, 6) is -0.172. The molecule has 1 atom stereocenters. The SMILES string of the molecule is CNC(C(=O)Nc1ccc(NC(=O)CN2CCCCCC2)cc1)c1cnn(C)c1.Cl.Cl. The number of carbonyl (C=O) groups excluding carboxylic acids is 2. The van der Waals surface area contributed by atoms with Crippen molar-refractivity contribution in [2.24, 2.45) is 7.05 Å². The first-order valence-electron chi connectivity index (χ1n) is 10.1. The average Bonchev–Trinajstić information content (AvgIpc) is 2.96. The van der Waals surface area contributed by atoms with Crippen LogP contribution >= 0.6 is 24.8 Å². The van der Waals surface area contributed by atoms with E-state index in [1.165, 1.54) is 12.8 Å². The van der Waals surface area contributed by atoms with E-state index in [0.717, 1.165) is 37.2 Å². The van der Waals surface area contributed by atoms with Crippen LogP contribution in [-0.2, 0) is 16.6 Å². The van der Waals surface area contributed by atoms with Crippen molar-refractivity contribution in [3.05, 3.63) is 42.2 Å². The molecular formula is C21H32Cl2N6O2. The van der Waals surface area contributed by atoms with Gasteiger partial charge in [-0.1, -0.05) is 12.8 Å². The molecule has 8 nitrogen and oxygen atoms in total. The summed E-state index contributed by atoms with van der Waals surface area (Å²) in [7, 11) is 3.55. The monoisotopic (exact) mass is 470 g/mol. The molecule has 0 spiro atoms. The smallest absolute Gasteiger partial charge is 0.246 e. The number of anilines is 2. The molecule has 31 heavy (non-hydrogen) atoms. The lowest BCUT2D eigenvalue weighted by Crippen LogP contribution is -2.33. The zero-order valence-corrected chi connectivity index (χ0v) is 19.6. The third-order valence-electron chi connectivity index (χ3n) is 5.11. The summed E-state index contributed by atoms with van der Waals surface area (Å²) in [5.41, 5.74) is 2.19. The Morgan fingerprint density at radius 2 is 1.58 bits per heavy atom. The van der Waals surface area contributed by atoms with Crippen molar-refractivity contribution < 1.29 is 9.59 Å². The number of carbonyl (C=O) groups is 2. The number of likely N-dealkylation sites (tertiary alicyclic amines) is 1. The van der Waals surface area contributed by atoms with Crippen LogP contribution in [0.5, 0.6) is 0 Å². The molecule has 1 aliphatic heterocycles. The molecule has 2 amide bonds. The van der Waals surface area contributed by atoms with Crippen molar-refractivity contribution in [1.82, 2.24) is 20.0 Å². The number of hydrogen-bond donors (Lipinski definition) is 3. The minimum atomic E-state index is -0.489. The van der Waals surface area contributed by atoms with Gasteiger partial charge in [0.1, 0.15) is 6.04 Å². The first-order valence-corrected chi connectivity index (χ1v) is 10.1. The molecule has 172 valence electrons. The highest BCUT2D eigenvalue weighted by Crippen LogP contribution is 2.18. The lowest BCUT2D eigenvalue weighted by molar-refractivity contribution is -0.118. The van der Waals surface area contributed by atoms with Gasteiger partial charge < -0.3 is 16.0 Å². The molecule has 0 saturated carbocycles. The molecule has 1 fully saturated rings. The van der Waals surface area contributed by atoms with Crippen molar-refractivity contribution in [3.63, 3.8) is 0 Å². The largest absolute Gasteiger partial charge is 0.325 e. The number of nitrogens with one attached hydrogen (secondary N) is 3. The van der Waals surface area contributed by atoms with E-state index < -0.39 is 6.04 Å². The summed E-state index contributed by atoms with van der Waals surface area (Å²) in [4.78, 5) is 27.1. The van der Waals surface area contributed by atoms with Gasteiger partial charge in [0, 0.05) is 30.2 Å². The molecule has 2 aromatic rings. The maximum absolute atomic E-state index is 12.6. The number of nitrogens with zero attached hydrogens (tertiary/aromatic N) is 3. The summed E-state index contributed by atoms with van der Waals surface area (Å²) in [6, 6.07) is 6.69. The standard InChI is InChI=1S/C21H30N6O2.2ClH/c1-22-20(16-13-23-26(2)14-16)21(29)25-18-9-7-17(8-10-18)24-19(28)15-27-11-5-3-4-6-12-27;;/h7-10,13-14,20,22H,3-6,11-12,15H2,1-2H3,(H,24,28)(H,25,29);2*1H. The maximum Gasteiger partial charge on any atom is 0.246 e. The summed E-state index contributed by atoms with van der Waals surface area (Å²) < 4.78 is 1.66. The van der Waals surface area contributed by atoms with Gasteiger partial charge in [-0.05, 0) is 57.2 Å². The molecule has 3 N–H and O–H groups in total. The van der Waals surface area contributed by atoms with E-state index in [1.54, 1.807) is 42.2 Å². The number of amides is 2. The Bertz CT molecular complexity index is 820. The van der Waals surface area contributed by atoms with Gasteiger partial charge in [0.05, 0.1) is 12.7 Å². The normalized spacial score (nSPS) is 15.0. The molecule has 1 aliphatic rings. The van der Waals surface area contributed by atoms with Crippen LogP contribution in [0, 0.1) is 0 Å². The minimum Gasteiger partial charge on any atom is -0.325 e. The highest BCUT2D eigenvalue weighted by molar-refractivity contribution is 5.96. The Morgan fingerprint density at radius 1 is 1.00 bits per heavy atom. The molecule has 0 bridgehead atoms. The Hall–Kier alpha value is -2.13. The molecule has 1 saturated heterocycles. The second kappa shape index (κ2) is 13.3. The van der Waals surface area contributed by atoms with Gasteiger partial charge in [0.2, 0.25) is 11.8 Å². The Balaban J connectivity index is 0.00000240. The maximum atomic E-state index is 12.6. The second-order valence-corrected chi connectivity index (χ2v) is 7.47. The fourth-order valence-electron chi connectivity index (χ4n) is 3.59. The van der Waals surface area contributed by atoms with Crippen molar-refractivity contribution in [3.8, 4) is 0 Å². The van der Waals surface area contributed by atoms with Crippen LogP contribution in [0.25, 0.3) is 0 Å². The Kier molecular flexibility index (Phi) is 11.6. The highest BCUT2D eigenvalue weighted by atomic mass is 35.5. The third-order valence-corrected chi connectivity index (χ3v) is 5.11. The van der Waals surface area contributed by atoms with Crippen LogP contribution in [0.1, 0.15) is 37.3 Å². The predicted molar refractivity (Wildman–Crippen MR) is 128 cm³/mol. The fourth-order valence-corrected chi connectivity index (χ4v) is 3.59. The van der Waals surface area contributed by atoms with Crippen LogP contribution < -0.4 is 16.0 Å². The van der Waals surface area contributed by atoms with Crippen LogP contribution in [0.3, 0.4) is 0 Å². The van der Waals surface area contributed by atoms with Crippen LogP contribution in [0.4, 0.5) is 11.4 Å². The minimum absolute atomic E-state index is 0. The quantitative estimate of drug-likeness (QED) is 0.578. The summed E-state index contributed by atoms with van der Waals surface area (Å²) >= 11 is 0. The Labute approximate surface area is 196 Å². The van der Waals surface area contributed by atoms with Gasteiger partial charge in [-0.25, -0.2) is 0 Å². The summed E-state index contributed by atoms with van der Waals surface area (Å²) in [6.45, 7) is 2.40. The predicted octanol–water partition coefficient (Wildman–Crippen LogP) is 2.98. The first-order chi connectivity index (χ1) is 14.0. The van der Waals surface area contributed by atoms with Gasteiger partial charge in [-0.3, -0.25) is 19.2 Å². The molecule has 0 aliphatic carbocycles. The van der Waals surface area contributed by atoms with Gasteiger partial charge >= 0.3 is 0 Å². The number of likely N-dealkylation sites (N-methyl/N-ethyl adjacent to an activating group) is 1. The van der Waals surface area contributed by atoms with Gasteiger partial charge in [-0.15, -0.1) is 24.8 Å². The molecule has 1 aromatic heterocycles. The van der Waals surface area contributed by atoms with E-state index in [1.807, 2.05) is 13.2 Å². The molecule has 3 rings (SSSR count). The van der Waals surface area contributed by atoms with E-state index in [4.69, 9.17) is 0 Å². The van der Waals surface area contributed by atoms with Gasteiger partial charge in [0.25, 0.3) is 0 Å². The van der Waals surface area contributed by atoms with Crippen molar-refractivity contribution in [2.45, 2.75) is 31.7 Å². The molecule has 1 unspecified atom stereocenters. The number of hydrogen-bond acceptors (Lipinski definition) is 5. The van der Waals surface area contributed by atoms with Crippen molar-refractivity contribution >= 4 is 48.0 Å². The van der Waals surface area contributed by atoms with Crippen LogP contribution in [0.2, 0.25) is 0 Å². The lowest BCUT2D eigenvalue weighted by Gasteiger charge is -2.19. The highest BCUT2D eigenvalue weighted by Gasteiger charge is 2.20. The van der Waals surface area contributed by atoms with E-state index in [-0.39, 0.29) is 36.6 Å². The van der Waals surface area contributed by atoms with Gasteiger partial charge in [-0.2, -0.15) is 5.10 Å².